The Bertz CT molecular complexity index is 3870. The number of benzene rings is 11. The molecule has 0 saturated heterocycles. The van der Waals surface area contributed by atoms with Crippen LogP contribution < -0.4 is 4.90 Å². The molecular formula is C70H46N4. The van der Waals surface area contributed by atoms with Crippen molar-refractivity contribution in [1.29, 1.82) is 0 Å². The molecule has 4 heteroatoms. The van der Waals surface area contributed by atoms with Gasteiger partial charge in [-0.15, -0.1) is 0 Å². The van der Waals surface area contributed by atoms with Crippen molar-refractivity contribution >= 4 is 17.1 Å². The van der Waals surface area contributed by atoms with Crippen LogP contribution in [0.5, 0.6) is 0 Å². The van der Waals surface area contributed by atoms with Crippen molar-refractivity contribution in [3.05, 3.63) is 301 Å². The standard InChI is InChI=1S/C70H46N4/c1-5-17-47(18-6-1)49-29-37-56(38-30-49)74(57-39-31-50(32-40-57)48-19-7-2-8-20-48)58-41-33-51(34-42-58)54-35-43-61-59-25-13-15-27-63(59)70(65(61)45-54)64-28-16-14-26-60(64)62-44-36-55(46-66(62)70)69-72-67(52-21-9-3-10-22-52)71-68(73-69)53-23-11-4-12-24-53/h1-46H. The third-order valence-corrected chi connectivity index (χ3v) is 15.0. The van der Waals surface area contributed by atoms with Gasteiger partial charge in [-0.3, -0.25) is 0 Å². The van der Waals surface area contributed by atoms with E-state index in [2.05, 4.69) is 248 Å². The van der Waals surface area contributed by atoms with E-state index in [1.807, 2.05) is 36.4 Å². The molecule has 0 amide bonds. The molecule has 1 unspecified atom stereocenters. The average molecular weight is 943 g/mol. The van der Waals surface area contributed by atoms with E-state index in [0.717, 1.165) is 44.9 Å². The highest BCUT2D eigenvalue weighted by molar-refractivity contribution is 5.97. The topological polar surface area (TPSA) is 41.9 Å². The lowest BCUT2D eigenvalue weighted by atomic mass is 9.70. The summed E-state index contributed by atoms with van der Waals surface area (Å²) in [4.78, 5) is 17.8. The summed E-state index contributed by atoms with van der Waals surface area (Å²) in [5, 5.41) is 0. The number of fused-ring (bicyclic) bond motifs is 10. The summed E-state index contributed by atoms with van der Waals surface area (Å²) in [6, 6.07) is 100. The number of hydrogen-bond acceptors (Lipinski definition) is 4. The molecule has 14 rings (SSSR count). The van der Waals surface area contributed by atoms with Crippen molar-refractivity contribution in [3.8, 4) is 89.8 Å². The summed E-state index contributed by atoms with van der Waals surface area (Å²) in [6.07, 6.45) is 0. The van der Waals surface area contributed by atoms with Gasteiger partial charge in [0.2, 0.25) is 0 Å². The Balaban J connectivity index is 0.889. The first kappa shape index (κ1) is 43.1. The van der Waals surface area contributed by atoms with Gasteiger partial charge in [-0.25, -0.2) is 15.0 Å². The molecule has 346 valence electrons. The normalized spacial score (nSPS) is 13.7. The van der Waals surface area contributed by atoms with Crippen LogP contribution in [0.25, 0.3) is 89.8 Å². The monoisotopic (exact) mass is 942 g/mol. The van der Waals surface area contributed by atoms with Gasteiger partial charge in [0, 0.05) is 33.8 Å². The zero-order valence-electron chi connectivity index (χ0n) is 40.3. The Morgan fingerprint density at radius 1 is 0.216 bits per heavy atom. The van der Waals surface area contributed by atoms with Gasteiger partial charge in [-0.05, 0) is 126 Å². The van der Waals surface area contributed by atoms with Gasteiger partial charge < -0.3 is 4.90 Å². The fourth-order valence-corrected chi connectivity index (χ4v) is 11.5. The third-order valence-electron chi connectivity index (χ3n) is 15.0. The van der Waals surface area contributed by atoms with Crippen LogP contribution >= 0.6 is 0 Å². The number of anilines is 3. The number of rotatable bonds is 9. The minimum Gasteiger partial charge on any atom is -0.311 e. The van der Waals surface area contributed by atoms with Crippen LogP contribution in [0.2, 0.25) is 0 Å². The lowest BCUT2D eigenvalue weighted by Crippen LogP contribution is -2.26. The summed E-state index contributed by atoms with van der Waals surface area (Å²) in [5.41, 5.74) is 22.6. The summed E-state index contributed by atoms with van der Waals surface area (Å²) in [7, 11) is 0. The fraction of sp³-hybridized carbons (Fsp3) is 0.0143. The molecule has 1 heterocycles. The molecule has 0 fully saturated rings. The van der Waals surface area contributed by atoms with E-state index >= 15 is 0 Å². The molecule has 2 aliphatic rings. The molecule has 0 aliphatic heterocycles. The maximum absolute atomic E-state index is 5.20. The summed E-state index contributed by atoms with van der Waals surface area (Å²) in [6.45, 7) is 0. The highest BCUT2D eigenvalue weighted by atomic mass is 15.1. The van der Waals surface area contributed by atoms with Crippen LogP contribution in [0.3, 0.4) is 0 Å². The molecular weight excluding hydrogens is 897 g/mol. The zero-order chi connectivity index (χ0) is 49.0. The second-order valence-electron chi connectivity index (χ2n) is 19.1. The second-order valence-corrected chi connectivity index (χ2v) is 19.1. The van der Waals surface area contributed by atoms with Gasteiger partial charge in [0.15, 0.2) is 17.5 Å². The van der Waals surface area contributed by atoms with Crippen molar-refractivity contribution in [2.75, 3.05) is 4.90 Å². The molecule has 11 aromatic carbocycles. The summed E-state index contributed by atoms with van der Waals surface area (Å²) >= 11 is 0. The lowest BCUT2D eigenvalue weighted by Gasteiger charge is -2.31. The maximum Gasteiger partial charge on any atom is 0.164 e. The van der Waals surface area contributed by atoms with Crippen molar-refractivity contribution in [1.82, 2.24) is 15.0 Å². The maximum atomic E-state index is 5.20. The van der Waals surface area contributed by atoms with Crippen LogP contribution in [0.1, 0.15) is 22.3 Å². The van der Waals surface area contributed by atoms with Crippen molar-refractivity contribution in [3.63, 3.8) is 0 Å². The van der Waals surface area contributed by atoms with Gasteiger partial charge in [0.05, 0.1) is 5.41 Å². The lowest BCUT2D eigenvalue weighted by molar-refractivity contribution is 0.794. The minimum absolute atomic E-state index is 0.587. The Morgan fingerprint density at radius 2 is 0.500 bits per heavy atom. The first-order valence-electron chi connectivity index (χ1n) is 25.3. The third kappa shape index (κ3) is 7.18. The van der Waals surface area contributed by atoms with Crippen LogP contribution in [-0.2, 0) is 5.41 Å². The molecule has 4 nitrogen and oxygen atoms in total. The van der Waals surface area contributed by atoms with E-state index in [1.54, 1.807) is 0 Å². The van der Waals surface area contributed by atoms with E-state index in [1.165, 1.54) is 66.8 Å². The highest BCUT2D eigenvalue weighted by Gasteiger charge is 2.51. The van der Waals surface area contributed by atoms with Gasteiger partial charge >= 0.3 is 0 Å². The molecule has 1 aromatic heterocycles. The largest absolute Gasteiger partial charge is 0.311 e. The number of aromatic nitrogens is 3. The Hall–Kier alpha value is -9.77. The smallest absolute Gasteiger partial charge is 0.164 e. The van der Waals surface area contributed by atoms with Crippen LogP contribution in [0.4, 0.5) is 17.1 Å². The van der Waals surface area contributed by atoms with E-state index in [-0.39, 0.29) is 0 Å². The van der Waals surface area contributed by atoms with E-state index in [4.69, 9.17) is 15.0 Å². The second kappa shape index (κ2) is 17.8. The van der Waals surface area contributed by atoms with Crippen molar-refractivity contribution in [2.45, 2.75) is 5.41 Å². The van der Waals surface area contributed by atoms with Crippen molar-refractivity contribution < 1.29 is 0 Å². The molecule has 12 aromatic rings. The molecule has 0 N–H and O–H groups in total. The quantitative estimate of drug-likeness (QED) is 0.145. The van der Waals surface area contributed by atoms with Crippen LogP contribution in [-0.4, -0.2) is 15.0 Å². The van der Waals surface area contributed by atoms with E-state index in [0.29, 0.717) is 17.5 Å². The summed E-state index contributed by atoms with van der Waals surface area (Å²) < 4.78 is 0. The highest BCUT2D eigenvalue weighted by Crippen LogP contribution is 2.63. The predicted molar refractivity (Wildman–Crippen MR) is 303 cm³/mol. The van der Waals surface area contributed by atoms with Crippen LogP contribution in [0.15, 0.2) is 279 Å². The van der Waals surface area contributed by atoms with E-state index < -0.39 is 5.41 Å². The van der Waals surface area contributed by atoms with Crippen molar-refractivity contribution in [2.24, 2.45) is 0 Å². The molecule has 1 spiro atoms. The molecule has 0 radical (unpaired) electrons. The van der Waals surface area contributed by atoms with Gasteiger partial charge in [0.1, 0.15) is 0 Å². The molecule has 1 atom stereocenters. The van der Waals surface area contributed by atoms with Gasteiger partial charge in [-0.2, -0.15) is 0 Å². The minimum atomic E-state index is -0.587. The zero-order valence-corrected chi connectivity index (χ0v) is 40.3. The molecule has 0 bridgehead atoms. The van der Waals surface area contributed by atoms with Crippen LogP contribution in [0, 0.1) is 0 Å². The Labute approximate surface area is 431 Å². The molecule has 74 heavy (non-hydrogen) atoms. The van der Waals surface area contributed by atoms with Gasteiger partial charge in [0.25, 0.3) is 0 Å². The summed E-state index contributed by atoms with van der Waals surface area (Å²) in [5.74, 6) is 1.93. The molecule has 0 saturated carbocycles. The number of hydrogen-bond donors (Lipinski definition) is 0. The predicted octanol–water partition coefficient (Wildman–Crippen LogP) is 17.7. The fourth-order valence-electron chi connectivity index (χ4n) is 11.5. The Morgan fingerprint density at radius 3 is 0.919 bits per heavy atom. The first-order chi connectivity index (χ1) is 36.7. The van der Waals surface area contributed by atoms with E-state index in [9.17, 15) is 0 Å². The number of nitrogens with zero attached hydrogens (tertiary/aromatic N) is 4. The average Bonchev–Trinajstić information content (AvgIpc) is 3.97. The molecule has 2 aliphatic carbocycles. The SMILES string of the molecule is c1ccc(-c2ccc(N(c3ccc(-c4ccccc4)cc3)c3ccc(-c4ccc5c(c4)C4(c6ccccc6-5)c5ccccc5-c5ccc(-c6nc(-c7ccccc7)nc(-c7ccccc7)n6)cc54)cc3)cc2)cc1. The Kier molecular flexibility index (Phi) is 10.4. The van der Waals surface area contributed by atoms with Gasteiger partial charge in [-0.1, -0.05) is 231 Å². The first-order valence-corrected chi connectivity index (χ1v) is 25.3.